The monoisotopic (exact) mass is 223 g/mol. The normalized spacial score (nSPS) is 28.6. The molecule has 1 fully saturated rings. The van der Waals surface area contributed by atoms with Crippen molar-refractivity contribution < 1.29 is 14.6 Å². The zero-order valence-corrected chi connectivity index (χ0v) is 9.64. The Balaban J connectivity index is 2.13. The highest BCUT2D eigenvalue weighted by Gasteiger charge is 2.47. The first-order valence-corrected chi connectivity index (χ1v) is 5.53. The molecular weight excluding hydrogens is 206 g/mol. The molecule has 16 heavy (non-hydrogen) atoms. The van der Waals surface area contributed by atoms with E-state index in [1.54, 1.807) is 19.4 Å². The van der Waals surface area contributed by atoms with Crippen LogP contribution in [0.5, 0.6) is 5.75 Å². The van der Waals surface area contributed by atoms with Gasteiger partial charge in [0.25, 0.3) is 0 Å². The number of aliphatic hydroxyl groups is 1. The summed E-state index contributed by atoms with van der Waals surface area (Å²) in [6, 6.07) is 3.61. The maximum atomic E-state index is 10.4. The van der Waals surface area contributed by atoms with Crippen LogP contribution in [0.25, 0.3) is 0 Å². The lowest BCUT2D eigenvalue weighted by Gasteiger charge is -2.42. The van der Waals surface area contributed by atoms with Gasteiger partial charge in [-0.15, -0.1) is 0 Å². The molecule has 1 saturated carbocycles. The molecule has 0 aromatic carbocycles. The first-order valence-electron chi connectivity index (χ1n) is 5.53. The lowest BCUT2D eigenvalue weighted by molar-refractivity contribution is -0.145. The van der Waals surface area contributed by atoms with Crippen molar-refractivity contribution in [3.63, 3.8) is 0 Å². The van der Waals surface area contributed by atoms with Gasteiger partial charge in [0.2, 0.25) is 0 Å². The zero-order chi connectivity index (χ0) is 11.6. The van der Waals surface area contributed by atoms with Gasteiger partial charge in [0.05, 0.1) is 13.2 Å². The van der Waals surface area contributed by atoms with E-state index in [0.717, 1.165) is 0 Å². The number of aromatic nitrogens is 1. The second-order valence-corrected chi connectivity index (χ2v) is 4.07. The average molecular weight is 223 g/mol. The third-order valence-corrected chi connectivity index (χ3v) is 2.96. The average Bonchev–Trinajstić information content (AvgIpc) is 2.27. The summed E-state index contributed by atoms with van der Waals surface area (Å²) in [6.45, 7) is 2.64. The minimum atomic E-state index is -0.882. The fraction of sp³-hybridized carbons (Fsp3) is 0.583. The highest BCUT2D eigenvalue weighted by molar-refractivity contribution is 5.33. The lowest BCUT2D eigenvalue weighted by Crippen LogP contribution is -2.46. The largest absolute Gasteiger partial charge is 0.495 e. The van der Waals surface area contributed by atoms with Crippen molar-refractivity contribution in [3.05, 3.63) is 24.0 Å². The summed E-state index contributed by atoms with van der Waals surface area (Å²) in [5, 5.41) is 10.4. The molecule has 1 aromatic heterocycles. The van der Waals surface area contributed by atoms with E-state index >= 15 is 0 Å². The minimum Gasteiger partial charge on any atom is -0.495 e. The Morgan fingerprint density at radius 2 is 2.31 bits per heavy atom. The number of hydrogen-bond donors (Lipinski definition) is 1. The lowest BCUT2D eigenvalue weighted by atomic mass is 9.74. The van der Waals surface area contributed by atoms with Gasteiger partial charge in [0, 0.05) is 25.6 Å². The van der Waals surface area contributed by atoms with Crippen LogP contribution in [0.1, 0.15) is 25.5 Å². The highest BCUT2D eigenvalue weighted by atomic mass is 16.5. The SMILES string of the molecule is CCOC1CC(O)(c2ncccc2OC)C1. The van der Waals surface area contributed by atoms with Crippen LogP contribution in [0.4, 0.5) is 0 Å². The Hall–Kier alpha value is -1.13. The highest BCUT2D eigenvalue weighted by Crippen LogP contribution is 2.45. The molecule has 1 heterocycles. The van der Waals surface area contributed by atoms with Crippen LogP contribution in [-0.4, -0.2) is 29.9 Å². The summed E-state index contributed by atoms with van der Waals surface area (Å²) in [7, 11) is 1.59. The molecule has 1 aliphatic carbocycles. The van der Waals surface area contributed by atoms with E-state index in [0.29, 0.717) is 30.9 Å². The maximum absolute atomic E-state index is 10.4. The van der Waals surface area contributed by atoms with E-state index in [1.807, 2.05) is 13.0 Å². The predicted molar refractivity (Wildman–Crippen MR) is 59.3 cm³/mol. The topological polar surface area (TPSA) is 51.6 Å². The van der Waals surface area contributed by atoms with Crippen molar-refractivity contribution in [3.8, 4) is 5.75 Å². The van der Waals surface area contributed by atoms with Crippen LogP contribution in [0, 0.1) is 0 Å². The molecule has 1 aliphatic rings. The molecule has 0 unspecified atom stereocenters. The van der Waals surface area contributed by atoms with Gasteiger partial charge in [-0.25, -0.2) is 0 Å². The second-order valence-electron chi connectivity index (χ2n) is 4.07. The molecule has 88 valence electrons. The van der Waals surface area contributed by atoms with E-state index in [9.17, 15) is 5.11 Å². The van der Waals surface area contributed by atoms with Crippen LogP contribution in [0.15, 0.2) is 18.3 Å². The summed E-state index contributed by atoms with van der Waals surface area (Å²) >= 11 is 0. The van der Waals surface area contributed by atoms with Gasteiger partial charge in [0.1, 0.15) is 17.0 Å². The van der Waals surface area contributed by atoms with Crippen LogP contribution in [-0.2, 0) is 10.3 Å². The van der Waals surface area contributed by atoms with E-state index in [2.05, 4.69) is 4.98 Å². The molecule has 4 heteroatoms. The van der Waals surface area contributed by atoms with E-state index in [-0.39, 0.29) is 6.10 Å². The number of methoxy groups -OCH3 is 1. The zero-order valence-electron chi connectivity index (χ0n) is 9.64. The first-order chi connectivity index (χ1) is 7.69. The van der Waals surface area contributed by atoms with Crippen molar-refractivity contribution in [2.75, 3.05) is 13.7 Å². The fourth-order valence-electron chi connectivity index (χ4n) is 2.15. The maximum Gasteiger partial charge on any atom is 0.143 e. The summed E-state index contributed by atoms with van der Waals surface area (Å²) in [6.07, 6.45) is 2.99. The van der Waals surface area contributed by atoms with Crippen LogP contribution in [0.3, 0.4) is 0 Å². The Bertz CT molecular complexity index is 361. The fourth-order valence-corrected chi connectivity index (χ4v) is 2.15. The van der Waals surface area contributed by atoms with Crippen LogP contribution < -0.4 is 4.74 Å². The van der Waals surface area contributed by atoms with Crippen LogP contribution in [0.2, 0.25) is 0 Å². The minimum absolute atomic E-state index is 0.140. The third-order valence-electron chi connectivity index (χ3n) is 2.96. The van der Waals surface area contributed by atoms with Gasteiger partial charge in [0.15, 0.2) is 0 Å². The molecule has 0 atom stereocenters. The Morgan fingerprint density at radius 1 is 1.56 bits per heavy atom. The van der Waals surface area contributed by atoms with Gasteiger partial charge in [-0.2, -0.15) is 0 Å². The molecule has 1 aromatic rings. The molecule has 0 bridgehead atoms. The molecule has 4 nitrogen and oxygen atoms in total. The van der Waals surface area contributed by atoms with Gasteiger partial charge >= 0.3 is 0 Å². The second kappa shape index (κ2) is 4.39. The standard InChI is InChI=1S/C12H17NO3/c1-3-16-9-7-12(14,8-9)11-10(15-2)5-4-6-13-11/h4-6,9,14H,3,7-8H2,1-2H3. The van der Waals surface area contributed by atoms with Crippen molar-refractivity contribution >= 4 is 0 Å². The van der Waals surface area contributed by atoms with Gasteiger partial charge < -0.3 is 14.6 Å². The Morgan fingerprint density at radius 3 is 2.94 bits per heavy atom. The number of rotatable bonds is 4. The Labute approximate surface area is 95.2 Å². The summed E-state index contributed by atoms with van der Waals surface area (Å²) in [4.78, 5) is 4.21. The molecular formula is C12H17NO3. The van der Waals surface area contributed by atoms with Crippen molar-refractivity contribution in [2.24, 2.45) is 0 Å². The number of hydrogen-bond acceptors (Lipinski definition) is 4. The van der Waals surface area contributed by atoms with Crippen molar-refractivity contribution in [1.29, 1.82) is 0 Å². The smallest absolute Gasteiger partial charge is 0.143 e. The first kappa shape index (κ1) is 11.4. The molecule has 1 N–H and O–H groups in total. The molecule has 0 aliphatic heterocycles. The number of pyridine rings is 1. The van der Waals surface area contributed by atoms with E-state index < -0.39 is 5.60 Å². The van der Waals surface area contributed by atoms with E-state index in [4.69, 9.17) is 9.47 Å². The quantitative estimate of drug-likeness (QED) is 0.840. The van der Waals surface area contributed by atoms with Gasteiger partial charge in [-0.1, -0.05) is 0 Å². The van der Waals surface area contributed by atoms with E-state index in [1.165, 1.54) is 0 Å². The Kier molecular flexibility index (Phi) is 3.12. The van der Waals surface area contributed by atoms with Crippen molar-refractivity contribution in [1.82, 2.24) is 4.98 Å². The third kappa shape index (κ3) is 1.90. The molecule has 0 saturated heterocycles. The van der Waals surface area contributed by atoms with Crippen molar-refractivity contribution in [2.45, 2.75) is 31.5 Å². The summed E-state index contributed by atoms with van der Waals surface area (Å²) < 4.78 is 10.6. The molecule has 0 spiro atoms. The van der Waals surface area contributed by atoms with Gasteiger partial charge in [-0.05, 0) is 19.1 Å². The molecule has 0 radical (unpaired) electrons. The summed E-state index contributed by atoms with van der Waals surface area (Å²) in [5.74, 6) is 0.639. The predicted octanol–water partition coefficient (Wildman–Crippen LogP) is 1.48. The van der Waals surface area contributed by atoms with Gasteiger partial charge in [-0.3, -0.25) is 4.98 Å². The van der Waals surface area contributed by atoms with Crippen LogP contribution >= 0.6 is 0 Å². The number of ether oxygens (including phenoxy) is 2. The summed E-state index contributed by atoms with van der Waals surface area (Å²) in [5.41, 5.74) is -0.264. The number of nitrogens with zero attached hydrogens (tertiary/aromatic N) is 1. The molecule has 0 amide bonds. The molecule has 2 rings (SSSR count).